The molecule has 3 nitrogen and oxygen atoms in total. The number of hydrogen-bond acceptors (Lipinski definition) is 3. The van der Waals surface area contributed by atoms with Crippen molar-refractivity contribution in [1.29, 1.82) is 0 Å². The minimum absolute atomic E-state index is 0.187. The zero-order valence-corrected chi connectivity index (χ0v) is 9.50. The van der Waals surface area contributed by atoms with E-state index < -0.39 is 10.7 Å². The summed E-state index contributed by atoms with van der Waals surface area (Å²) in [5.74, 6) is -0.480. The third-order valence-corrected chi connectivity index (χ3v) is 4.11. The van der Waals surface area contributed by atoms with Crippen LogP contribution in [0.2, 0.25) is 0 Å². The Kier molecular flexibility index (Phi) is 3.43. The molecule has 5 heteroatoms. The fraction of sp³-hybridized carbons (Fsp3) is 0.455. The van der Waals surface area contributed by atoms with E-state index in [9.17, 15) is 14.5 Å². The van der Waals surface area contributed by atoms with Crippen molar-refractivity contribution in [2.24, 2.45) is 0 Å². The number of thioether (sulfide) groups is 1. The highest BCUT2D eigenvalue weighted by atomic mass is 32.2. The number of hydrogen-bond donors (Lipinski definition) is 0. The molecule has 0 amide bonds. The van der Waals surface area contributed by atoms with Gasteiger partial charge in [0.1, 0.15) is 5.82 Å². The molecule has 0 saturated heterocycles. The van der Waals surface area contributed by atoms with Crippen molar-refractivity contribution in [3.63, 3.8) is 0 Å². The Hall–Kier alpha value is -1.10. The lowest BCUT2D eigenvalue weighted by atomic mass is 10.3. The Balaban J connectivity index is 2.12. The van der Waals surface area contributed by atoms with E-state index in [0.717, 1.165) is 18.9 Å². The van der Waals surface area contributed by atoms with Crippen molar-refractivity contribution in [2.75, 3.05) is 0 Å². The molecule has 1 aliphatic rings. The van der Waals surface area contributed by atoms with Crippen molar-refractivity contribution in [2.45, 2.75) is 35.8 Å². The number of nitro groups is 1. The first-order valence-corrected chi connectivity index (χ1v) is 6.15. The molecule has 2 rings (SSSR count). The van der Waals surface area contributed by atoms with Crippen LogP contribution in [0.5, 0.6) is 0 Å². The van der Waals surface area contributed by atoms with Crippen LogP contribution in [-0.2, 0) is 0 Å². The summed E-state index contributed by atoms with van der Waals surface area (Å²) in [6.45, 7) is 0. The van der Waals surface area contributed by atoms with Gasteiger partial charge in [-0.25, -0.2) is 4.39 Å². The van der Waals surface area contributed by atoms with E-state index in [1.807, 2.05) is 0 Å². The lowest BCUT2D eigenvalue weighted by Crippen LogP contribution is -1.96. The molecule has 1 fully saturated rings. The molecular formula is C11H12FNO2S. The Morgan fingerprint density at radius 1 is 1.38 bits per heavy atom. The molecule has 16 heavy (non-hydrogen) atoms. The molecular weight excluding hydrogens is 229 g/mol. The van der Waals surface area contributed by atoms with E-state index in [2.05, 4.69) is 0 Å². The molecule has 0 bridgehead atoms. The van der Waals surface area contributed by atoms with Crippen molar-refractivity contribution in [3.8, 4) is 0 Å². The lowest BCUT2D eigenvalue weighted by molar-refractivity contribution is -0.385. The van der Waals surface area contributed by atoms with Crippen molar-refractivity contribution in [1.82, 2.24) is 0 Å². The van der Waals surface area contributed by atoms with Crippen LogP contribution in [0.25, 0.3) is 0 Å². The molecule has 0 heterocycles. The first-order chi connectivity index (χ1) is 7.66. The maximum absolute atomic E-state index is 13.5. The summed E-state index contributed by atoms with van der Waals surface area (Å²) in [5, 5.41) is 10.9. The molecule has 0 spiro atoms. The van der Waals surface area contributed by atoms with E-state index >= 15 is 0 Å². The van der Waals surface area contributed by atoms with Gasteiger partial charge in [-0.2, -0.15) is 0 Å². The number of non-ortho nitro benzene ring substituents is 1. The summed E-state index contributed by atoms with van der Waals surface area (Å²) in [4.78, 5) is 10.4. The number of rotatable bonds is 3. The second-order valence-electron chi connectivity index (χ2n) is 3.90. The summed E-state index contributed by atoms with van der Waals surface area (Å²) >= 11 is 1.50. The predicted molar refractivity (Wildman–Crippen MR) is 61.2 cm³/mol. The van der Waals surface area contributed by atoms with Gasteiger partial charge >= 0.3 is 0 Å². The summed E-state index contributed by atoms with van der Waals surface area (Å²) in [6.07, 6.45) is 4.63. The molecule has 86 valence electrons. The molecule has 0 N–H and O–H groups in total. The van der Waals surface area contributed by atoms with E-state index in [0.29, 0.717) is 10.1 Å². The standard InChI is InChI=1S/C11H12FNO2S/c12-10-7-8(13(14)15)5-6-11(10)16-9-3-1-2-4-9/h5-7,9H,1-4H2. The molecule has 1 aliphatic carbocycles. The summed E-state index contributed by atoms with van der Waals surface area (Å²) < 4.78 is 13.5. The van der Waals surface area contributed by atoms with Gasteiger partial charge in [-0.15, -0.1) is 11.8 Å². The Morgan fingerprint density at radius 2 is 2.06 bits per heavy atom. The van der Waals surface area contributed by atoms with E-state index in [1.165, 1.54) is 36.7 Å². The molecule has 1 aromatic rings. The second-order valence-corrected chi connectivity index (χ2v) is 5.24. The van der Waals surface area contributed by atoms with Crippen LogP contribution in [0.15, 0.2) is 23.1 Å². The zero-order valence-electron chi connectivity index (χ0n) is 8.69. The van der Waals surface area contributed by atoms with Gasteiger partial charge in [-0.3, -0.25) is 10.1 Å². The zero-order chi connectivity index (χ0) is 11.5. The van der Waals surface area contributed by atoms with E-state index in [1.54, 1.807) is 0 Å². The molecule has 0 atom stereocenters. The maximum Gasteiger partial charge on any atom is 0.272 e. The van der Waals surface area contributed by atoms with Crippen molar-refractivity contribution >= 4 is 17.4 Å². The number of benzene rings is 1. The van der Waals surface area contributed by atoms with Crippen LogP contribution < -0.4 is 0 Å². The molecule has 0 unspecified atom stereocenters. The Morgan fingerprint density at radius 3 is 2.62 bits per heavy atom. The minimum atomic E-state index is -0.576. The molecule has 1 aromatic carbocycles. The van der Waals surface area contributed by atoms with Gasteiger partial charge in [-0.05, 0) is 18.9 Å². The van der Waals surface area contributed by atoms with Crippen LogP contribution >= 0.6 is 11.8 Å². The van der Waals surface area contributed by atoms with E-state index in [-0.39, 0.29) is 5.69 Å². The summed E-state index contributed by atoms with van der Waals surface area (Å²) in [5.41, 5.74) is -0.187. The normalized spacial score (nSPS) is 16.6. The SMILES string of the molecule is O=[N+]([O-])c1ccc(SC2CCCC2)c(F)c1. The highest BCUT2D eigenvalue weighted by molar-refractivity contribution is 8.00. The Labute approximate surface area is 97.2 Å². The molecule has 0 radical (unpaired) electrons. The fourth-order valence-electron chi connectivity index (χ4n) is 1.88. The predicted octanol–water partition coefficient (Wildman–Crippen LogP) is 3.77. The van der Waals surface area contributed by atoms with Gasteiger partial charge in [-0.1, -0.05) is 12.8 Å². The highest BCUT2D eigenvalue weighted by Gasteiger charge is 2.19. The van der Waals surface area contributed by atoms with Gasteiger partial charge in [0, 0.05) is 16.2 Å². The summed E-state index contributed by atoms with van der Waals surface area (Å²) in [7, 11) is 0. The minimum Gasteiger partial charge on any atom is -0.258 e. The third kappa shape index (κ3) is 2.52. The summed E-state index contributed by atoms with van der Waals surface area (Å²) in [6, 6.07) is 3.87. The van der Waals surface area contributed by atoms with E-state index in [4.69, 9.17) is 0 Å². The van der Waals surface area contributed by atoms with Gasteiger partial charge in [0.05, 0.1) is 11.0 Å². The smallest absolute Gasteiger partial charge is 0.258 e. The van der Waals surface area contributed by atoms with Crippen molar-refractivity contribution < 1.29 is 9.31 Å². The fourth-order valence-corrected chi connectivity index (χ4v) is 3.13. The average molecular weight is 241 g/mol. The quantitative estimate of drug-likeness (QED) is 0.597. The monoisotopic (exact) mass is 241 g/mol. The first kappa shape index (κ1) is 11.4. The topological polar surface area (TPSA) is 43.1 Å². The van der Waals surface area contributed by atoms with Gasteiger partial charge in [0.15, 0.2) is 0 Å². The highest BCUT2D eigenvalue weighted by Crippen LogP contribution is 2.36. The van der Waals surface area contributed by atoms with Gasteiger partial charge in [0.2, 0.25) is 0 Å². The first-order valence-electron chi connectivity index (χ1n) is 5.27. The van der Waals surface area contributed by atoms with Crippen LogP contribution in [0.1, 0.15) is 25.7 Å². The second kappa shape index (κ2) is 4.82. The van der Waals surface area contributed by atoms with Gasteiger partial charge < -0.3 is 0 Å². The van der Waals surface area contributed by atoms with Crippen molar-refractivity contribution in [3.05, 3.63) is 34.1 Å². The van der Waals surface area contributed by atoms with Gasteiger partial charge in [0.25, 0.3) is 5.69 Å². The Bertz CT molecular complexity index is 405. The molecule has 1 saturated carbocycles. The molecule has 0 aromatic heterocycles. The number of nitro benzene ring substituents is 1. The number of halogens is 1. The van der Waals surface area contributed by atoms with Crippen LogP contribution in [0, 0.1) is 15.9 Å². The average Bonchev–Trinajstić information content (AvgIpc) is 2.73. The largest absolute Gasteiger partial charge is 0.272 e. The van der Waals surface area contributed by atoms with Crippen LogP contribution in [-0.4, -0.2) is 10.2 Å². The number of nitrogens with zero attached hydrogens (tertiary/aromatic N) is 1. The molecule has 0 aliphatic heterocycles. The third-order valence-electron chi connectivity index (χ3n) is 2.72. The lowest BCUT2D eigenvalue weighted by Gasteiger charge is -2.08. The van der Waals surface area contributed by atoms with Crippen LogP contribution in [0.4, 0.5) is 10.1 Å². The van der Waals surface area contributed by atoms with Crippen LogP contribution in [0.3, 0.4) is 0 Å². The maximum atomic E-state index is 13.5.